The average molecular weight is 180 g/mol. The Balaban J connectivity index is 2.62. The van der Waals surface area contributed by atoms with Gasteiger partial charge in [0.1, 0.15) is 6.04 Å². The average Bonchev–Trinajstić information content (AvgIpc) is 2.15. The van der Waals surface area contributed by atoms with Gasteiger partial charge < -0.3 is 10.4 Å². The Labute approximate surface area is 76.6 Å². The highest BCUT2D eigenvalue weighted by Crippen LogP contribution is 2.01. The van der Waals surface area contributed by atoms with Gasteiger partial charge in [-0.15, -0.1) is 0 Å². The minimum atomic E-state index is -0.834. The zero-order valence-corrected chi connectivity index (χ0v) is 7.40. The first-order valence-corrected chi connectivity index (χ1v) is 4.03. The van der Waals surface area contributed by atoms with Crippen LogP contribution >= 0.6 is 0 Å². The second-order valence-electron chi connectivity index (χ2n) is 2.74. The number of likely N-dealkylation sites (N-methyl/N-ethyl adjacent to an activating group) is 1. The Kier molecular flexibility index (Phi) is 3.40. The first kappa shape index (κ1) is 9.67. The van der Waals surface area contributed by atoms with Crippen LogP contribution in [0.1, 0.15) is 5.56 Å². The van der Waals surface area contributed by atoms with E-state index in [0.717, 1.165) is 5.56 Å². The lowest BCUT2D eigenvalue weighted by Gasteiger charge is -2.10. The predicted molar refractivity (Wildman–Crippen MR) is 48.4 cm³/mol. The van der Waals surface area contributed by atoms with Gasteiger partial charge in [-0.25, -0.2) is 0 Å². The summed E-state index contributed by atoms with van der Waals surface area (Å²) in [5.74, 6) is -0.834. The normalized spacial score (nSPS) is 12.4. The molecule has 1 heterocycles. The van der Waals surface area contributed by atoms with Crippen LogP contribution < -0.4 is 5.32 Å². The summed E-state index contributed by atoms with van der Waals surface area (Å²) in [7, 11) is 1.64. The smallest absolute Gasteiger partial charge is 0.321 e. The molecule has 0 bridgehead atoms. The quantitative estimate of drug-likeness (QED) is 0.699. The van der Waals surface area contributed by atoms with E-state index in [-0.39, 0.29) is 0 Å². The second kappa shape index (κ2) is 4.57. The summed E-state index contributed by atoms with van der Waals surface area (Å²) >= 11 is 0. The van der Waals surface area contributed by atoms with Crippen molar-refractivity contribution in [1.29, 1.82) is 0 Å². The number of carboxylic acid groups (broad SMARTS) is 1. The molecule has 4 nitrogen and oxygen atoms in total. The molecule has 2 N–H and O–H groups in total. The molecule has 0 saturated carbocycles. The summed E-state index contributed by atoms with van der Waals surface area (Å²) in [6, 6.07) is 3.10. The molecule has 1 aromatic rings. The first-order valence-electron chi connectivity index (χ1n) is 4.03. The van der Waals surface area contributed by atoms with Crippen LogP contribution in [0.3, 0.4) is 0 Å². The van der Waals surface area contributed by atoms with Gasteiger partial charge in [0, 0.05) is 12.4 Å². The van der Waals surface area contributed by atoms with Gasteiger partial charge >= 0.3 is 5.97 Å². The van der Waals surface area contributed by atoms with Crippen molar-refractivity contribution >= 4 is 5.97 Å². The fourth-order valence-electron chi connectivity index (χ4n) is 1.07. The summed E-state index contributed by atoms with van der Waals surface area (Å²) in [6.45, 7) is 0. The molecule has 0 aromatic carbocycles. The number of hydrogen-bond donors (Lipinski definition) is 2. The van der Waals surface area contributed by atoms with E-state index in [1.54, 1.807) is 19.4 Å². The fraction of sp³-hybridized carbons (Fsp3) is 0.333. The van der Waals surface area contributed by atoms with Crippen molar-refractivity contribution in [2.75, 3.05) is 7.05 Å². The summed E-state index contributed by atoms with van der Waals surface area (Å²) in [5.41, 5.74) is 0.969. The third-order valence-electron chi connectivity index (χ3n) is 1.84. The second-order valence-corrected chi connectivity index (χ2v) is 2.74. The Morgan fingerprint density at radius 2 is 2.23 bits per heavy atom. The molecule has 1 aromatic heterocycles. The van der Waals surface area contributed by atoms with Crippen molar-refractivity contribution in [2.24, 2.45) is 0 Å². The maximum absolute atomic E-state index is 10.7. The van der Waals surface area contributed by atoms with E-state index >= 15 is 0 Å². The van der Waals surface area contributed by atoms with Crippen molar-refractivity contribution < 1.29 is 9.90 Å². The molecule has 4 heteroatoms. The molecule has 1 rings (SSSR count). The minimum Gasteiger partial charge on any atom is -0.480 e. The molecule has 0 spiro atoms. The van der Waals surface area contributed by atoms with Crippen LogP contribution in [0.15, 0.2) is 24.5 Å². The number of pyridine rings is 1. The van der Waals surface area contributed by atoms with Crippen molar-refractivity contribution in [3.8, 4) is 0 Å². The van der Waals surface area contributed by atoms with Crippen molar-refractivity contribution in [2.45, 2.75) is 12.5 Å². The third-order valence-corrected chi connectivity index (χ3v) is 1.84. The fourth-order valence-corrected chi connectivity index (χ4v) is 1.07. The maximum atomic E-state index is 10.7. The summed E-state index contributed by atoms with van der Waals surface area (Å²) in [5, 5.41) is 11.5. The first-order chi connectivity index (χ1) is 6.24. The highest BCUT2D eigenvalue weighted by Gasteiger charge is 2.14. The number of carboxylic acids is 1. The van der Waals surface area contributed by atoms with Crippen molar-refractivity contribution in [3.63, 3.8) is 0 Å². The SMILES string of the molecule is CN[C@@H](Cc1ccncc1)C(=O)O. The molecule has 0 radical (unpaired) electrons. The van der Waals surface area contributed by atoms with E-state index in [4.69, 9.17) is 5.11 Å². The Hall–Kier alpha value is -1.42. The summed E-state index contributed by atoms with van der Waals surface area (Å²) < 4.78 is 0. The van der Waals surface area contributed by atoms with Gasteiger partial charge in [-0.05, 0) is 31.2 Å². The van der Waals surface area contributed by atoms with Crippen molar-refractivity contribution in [3.05, 3.63) is 30.1 Å². The largest absolute Gasteiger partial charge is 0.480 e. The van der Waals surface area contributed by atoms with Gasteiger partial charge in [-0.1, -0.05) is 0 Å². The Bertz CT molecular complexity index is 274. The van der Waals surface area contributed by atoms with E-state index in [2.05, 4.69) is 10.3 Å². The third kappa shape index (κ3) is 2.83. The van der Waals surface area contributed by atoms with E-state index in [1.807, 2.05) is 12.1 Å². The molecule has 13 heavy (non-hydrogen) atoms. The number of aromatic nitrogens is 1. The van der Waals surface area contributed by atoms with Crippen LogP contribution in [-0.4, -0.2) is 29.1 Å². The number of carbonyl (C=O) groups is 1. The molecular weight excluding hydrogens is 168 g/mol. The lowest BCUT2D eigenvalue weighted by molar-refractivity contribution is -0.139. The van der Waals surface area contributed by atoms with Crippen LogP contribution in [0, 0.1) is 0 Å². The van der Waals surface area contributed by atoms with E-state index < -0.39 is 12.0 Å². The Morgan fingerprint density at radius 3 is 2.69 bits per heavy atom. The molecule has 70 valence electrons. The number of hydrogen-bond acceptors (Lipinski definition) is 3. The van der Waals surface area contributed by atoms with Crippen LogP contribution in [0.4, 0.5) is 0 Å². The molecule has 0 fully saturated rings. The molecular formula is C9H12N2O2. The monoisotopic (exact) mass is 180 g/mol. The Morgan fingerprint density at radius 1 is 1.62 bits per heavy atom. The van der Waals surface area contributed by atoms with Gasteiger partial charge in [0.15, 0.2) is 0 Å². The van der Waals surface area contributed by atoms with Gasteiger partial charge in [0.05, 0.1) is 0 Å². The van der Waals surface area contributed by atoms with Gasteiger partial charge in [-0.2, -0.15) is 0 Å². The minimum absolute atomic E-state index is 0.481. The lowest BCUT2D eigenvalue weighted by Crippen LogP contribution is -2.35. The summed E-state index contributed by atoms with van der Waals surface area (Å²) in [4.78, 5) is 14.5. The molecule has 1 atom stereocenters. The highest BCUT2D eigenvalue weighted by atomic mass is 16.4. The molecule has 0 aliphatic carbocycles. The molecule has 0 saturated heterocycles. The van der Waals surface area contributed by atoms with E-state index in [1.165, 1.54) is 0 Å². The van der Waals surface area contributed by atoms with Crippen LogP contribution in [0.2, 0.25) is 0 Å². The van der Waals surface area contributed by atoms with E-state index in [9.17, 15) is 4.79 Å². The number of aliphatic carboxylic acids is 1. The van der Waals surface area contributed by atoms with Crippen LogP contribution in [0.25, 0.3) is 0 Å². The number of nitrogens with one attached hydrogen (secondary N) is 1. The van der Waals surface area contributed by atoms with E-state index in [0.29, 0.717) is 6.42 Å². The molecule has 0 unspecified atom stereocenters. The predicted octanol–water partition coefficient (Wildman–Crippen LogP) is 0.297. The summed E-state index contributed by atoms with van der Waals surface area (Å²) in [6.07, 6.45) is 3.79. The molecule has 0 aliphatic heterocycles. The standard InChI is InChI=1S/C9H12N2O2/c1-10-8(9(12)13)6-7-2-4-11-5-3-7/h2-5,8,10H,6H2,1H3,(H,12,13)/t8-/m0/s1. The van der Waals surface area contributed by atoms with Crippen LogP contribution in [0.5, 0.6) is 0 Å². The van der Waals surface area contributed by atoms with Gasteiger partial charge in [0.2, 0.25) is 0 Å². The molecule has 0 aliphatic rings. The van der Waals surface area contributed by atoms with Crippen LogP contribution in [-0.2, 0) is 11.2 Å². The number of rotatable bonds is 4. The zero-order valence-electron chi connectivity index (χ0n) is 7.40. The topological polar surface area (TPSA) is 62.2 Å². The highest BCUT2D eigenvalue weighted by molar-refractivity contribution is 5.73. The lowest BCUT2D eigenvalue weighted by atomic mass is 10.1. The van der Waals surface area contributed by atoms with Gasteiger partial charge in [0.25, 0.3) is 0 Å². The zero-order chi connectivity index (χ0) is 9.68. The maximum Gasteiger partial charge on any atom is 0.321 e. The van der Waals surface area contributed by atoms with Gasteiger partial charge in [-0.3, -0.25) is 9.78 Å². The van der Waals surface area contributed by atoms with Crippen molar-refractivity contribution in [1.82, 2.24) is 10.3 Å². The molecule has 0 amide bonds. The number of nitrogens with zero attached hydrogens (tertiary/aromatic N) is 1.